The highest BCUT2D eigenvalue weighted by Crippen LogP contribution is 2.23. The summed E-state index contributed by atoms with van der Waals surface area (Å²) in [6.07, 6.45) is -0.974. The number of aliphatic hydroxyl groups excluding tert-OH is 1. The standard InChI is InChI=1S/C14H21F2NO4/c1-17-7-10-5-12(15)14(13(16)6-10)21-9-11(18)8-20-4-3-19-2/h5-6,11,17-18H,3-4,7-9H2,1-2H3. The zero-order valence-electron chi connectivity index (χ0n) is 12.2. The smallest absolute Gasteiger partial charge is 0.190 e. The van der Waals surface area contributed by atoms with Gasteiger partial charge in [-0.2, -0.15) is 0 Å². The van der Waals surface area contributed by atoms with Crippen molar-refractivity contribution in [2.75, 3.05) is 40.6 Å². The number of ether oxygens (including phenoxy) is 3. The third kappa shape index (κ3) is 6.34. The van der Waals surface area contributed by atoms with Crippen molar-refractivity contribution in [3.05, 3.63) is 29.3 Å². The zero-order chi connectivity index (χ0) is 15.7. The van der Waals surface area contributed by atoms with Gasteiger partial charge in [-0.15, -0.1) is 0 Å². The summed E-state index contributed by atoms with van der Waals surface area (Å²) in [6, 6.07) is 2.38. The van der Waals surface area contributed by atoms with E-state index in [0.717, 1.165) is 0 Å². The molecule has 0 saturated carbocycles. The molecule has 1 unspecified atom stereocenters. The van der Waals surface area contributed by atoms with E-state index in [0.29, 0.717) is 25.3 Å². The number of aliphatic hydroxyl groups is 1. The van der Waals surface area contributed by atoms with Gasteiger partial charge in [0.2, 0.25) is 0 Å². The van der Waals surface area contributed by atoms with E-state index in [1.54, 1.807) is 7.05 Å². The molecule has 1 atom stereocenters. The van der Waals surface area contributed by atoms with Gasteiger partial charge in [-0.05, 0) is 24.7 Å². The van der Waals surface area contributed by atoms with Gasteiger partial charge in [-0.1, -0.05) is 0 Å². The highest BCUT2D eigenvalue weighted by atomic mass is 19.1. The highest BCUT2D eigenvalue weighted by Gasteiger charge is 2.14. The van der Waals surface area contributed by atoms with Gasteiger partial charge in [0.25, 0.3) is 0 Å². The minimum Gasteiger partial charge on any atom is -0.485 e. The molecule has 5 nitrogen and oxygen atoms in total. The van der Waals surface area contributed by atoms with Crippen LogP contribution in [-0.2, 0) is 16.0 Å². The minimum atomic E-state index is -0.974. The topological polar surface area (TPSA) is 60.0 Å². The van der Waals surface area contributed by atoms with Crippen LogP contribution in [0.3, 0.4) is 0 Å². The van der Waals surface area contributed by atoms with Crippen molar-refractivity contribution in [1.29, 1.82) is 0 Å². The van der Waals surface area contributed by atoms with Gasteiger partial charge in [0.05, 0.1) is 19.8 Å². The molecule has 1 aromatic rings. The summed E-state index contributed by atoms with van der Waals surface area (Å²) < 4.78 is 42.3. The van der Waals surface area contributed by atoms with Crippen molar-refractivity contribution < 1.29 is 28.1 Å². The molecule has 0 amide bonds. The Morgan fingerprint density at radius 1 is 1.19 bits per heavy atom. The molecule has 120 valence electrons. The molecule has 7 heteroatoms. The quantitative estimate of drug-likeness (QED) is 0.634. The Morgan fingerprint density at radius 2 is 1.86 bits per heavy atom. The van der Waals surface area contributed by atoms with Crippen LogP contribution in [0.2, 0.25) is 0 Å². The molecule has 0 aliphatic carbocycles. The fourth-order valence-electron chi connectivity index (χ4n) is 1.65. The van der Waals surface area contributed by atoms with Crippen molar-refractivity contribution in [3.8, 4) is 5.75 Å². The van der Waals surface area contributed by atoms with E-state index in [-0.39, 0.29) is 13.2 Å². The van der Waals surface area contributed by atoms with Gasteiger partial charge >= 0.3 is 0 Å². The Morgan fingerprint density at radius 3 is 2.43 bits per heavy atom. The van der Waals surface area contributed by atoms with Gasteiger partial charge in [0, 0.05) is 13.7 Å². The van der Waals surface area contributed by atoms with Crippen LogP contribution in [0.4, 0.5) is 8.78 Å². The van der Waals surface area contributed by atoms with Crippen molar-refractivity contribution in [1.82, 2.24) is 5.32 Å². The van der Waals surface area contributed by atoms with Gasteiger partial charge in [-0.25, -0.2) is 8.78 Å². The number of methoxy groups -OCH3 is 1. The van der Waals surface area contributed by atoms with Crippen molar-refractivity contribution >= 4 is 0 Å². The Bertz CT molecular complexity index is 408. The lowest BCUT2D eigenvalue weighted by Crippen LogP contribution is -2.25. The maximum absolute atomic E-state index is 13.7. The molecular formula is C14H21F2NO4. The predicted molar refractivity (Wildman–Crippen MR) is 73.3 cm³/mol. The molecule has 2 N–H and O–H groups in total. The molecule has 0 saturated heterocycles. The highest BCUT2D eigenvalue weighted by molar-refractivity contribution is 5.31. The van der Waals surface area contributed by atoms with Crippen LogP contribution in [0, 0.1) is 11.6 Å². The van der Waals surface area contributed by atoms with E-state index in [9.17, 15) is 13.9 Å². The second-order valence-electron chi connectivity index (χ2n) is 4.45. The van der Waals surface area contributed by atoms with Gasteiger partial charge in [0.15, 0.2) is 17.4 Å². The summed E-state index contributed by atoms with van der Waals surface area (Å²) in [6.45, 7) is 0.833. The minimum absolute atomic E-state index is 0.00440. The van der Waals surface area contributed by atoms with Crippen LogP contribution in [0.1, 0.15) is 5.56 Å². The predicted octanol–water partition coefficient (Wildman–Crippen LogP) is 1.09. The first kappa shape index (κ1) is 17.8. The van der Waals surface area contributed by atoms with E-state index >= 15 is 0 Å². The molecule has 0 fully saturated rings. The summed E-state index contributed by atoms with van der Waals surface area (Å²) in [4.78, 5) is 0. The van der Waals surface area contributed by atoms with Crippen LogP contribution >= 0.6 is 0 Å². The Kier molecular flexibility index (Phi) is 8.14. The van der Waals surface area contributed by atoms with Crippen molar-refractivity contribution in [2.24, 2.45) is 0 Å². The van der Waals surface area contributed by atoms with Crippen LogP contribution in [0.25, 0.3) is 0 Å². The third-order valence-corrected chi connectivity index (χ3v) is 2.60. The lowest BCUT2D eigenvalue weighted by Gasteiger charge is -2.14. The van der Waals surface area contributed by atoms with E-state index < -0.39 is 23.5 Å². The first-order valence-corrected chi connectivity index (χ1v) is 6.58. The summed E-state index contributed by atoms with van der Waals surface area (Å²) >= 11 is 0. The molecular weight excluding hydrogens is 284 g/mol. The number of rotatable bonds is 10. The fraction of sp³-hybridized carbons (Fsp3) is 0.571. The third-order valence-electron chi connectivity index (χ3n) is 2.60. The molecule has 0 heterocycles. The monoisotopic (exact) mass is 305 g/mol. The van der Waals surface area contributed by atoms with E-state index in [4.69, 9.17) is 14.2 Å². The van der Waals surface area contributed by atoms with Crippen LogP contribution < -0.4 is 10.1 Å². The van der Waals surface area contributed by atoms with Crippen molar-refractivity contribution in [3.63, 3.8) is 0 Å². The summed E-state index contributed by atoms with van der Waals surface area (Å²) in [5, 5.41) is 12.4. The van der Waals surface area contributed by atoms with Crippen LogP contribution in [-0.4, -0.2) is 51.8 Å². The van der Waals surface area contributed by atoms with Crippen LogP contribution in [0.5, 0.6) is 5.75 Å². The molecule has 0 spiro atoms. The van der Waals surface area contributed by atoms with Gasteiger partial charge < -0.3 is 24.6 Å². The van der Waals surface area contributed by atoms with Crippen LogP contribution in [0.15, 0.2) is 12.1 Å². The summed E-state index contributed by atoms with van der Waals surface area (Å²) in [5.74, 6) is -2.09. The maximum Gasteiger partial charge on any atom is 0.190 e. The zero-order valence-corrected chi connectivity index (χ0v) is 12.2. The fourth-order valence-corrected chi connectivity index (χ4v) is 1.65. The number of nitrogens with one attached hydrogen (secondary N) is 1. The number of halogens is 2. The Hall–Kier alpha value is -1.28. The van der Waals surface area contributed by atoms with Gasteiger partial charge in [0.1, 0.15) is 12.7 Å². The normalized spacial score (nSPS) is 12.4. The lowest BCUT2D eigenvalue weighted by atomic mass is 10.2. The average Bonchev–Trinajstić information content (AvgIpc) is 2.43. The number of hydrogen-bond acceptors (Lipinski definition) is 5. The second-order valence-corrected chi connectivity index (χ2v) is 4.45. The second kappa shape index (κ2) is 9.62. The molecule has 0 bridgehead atoms. The SMILES string of the molecule is CNCc1cc(F)c(OCC(O)COCCOC)c(F)c1. The lowest BCUT2D eigenvalue weighted by molar-refractivity contribution is -0.00523. The summed E-state index contributed by atoms with van der Waals surface area (Å²) in [7, 11) is 3.21. The Balaban J connectivity index is 2.47. The average molecular weight is 305 g/mol. The molecule has 21 heavy (non-hydrogen) atoms. The number of benzene rings is 1. The number of hydrogen-bond donors (Lipinski definition) is 2. The first-order valence-electron chi connectivity index (χ1n) is 6.58. The molecule has 0 radical (unpaired) electrons. The first-order chi connectivity index (χ1) is 10.1. The molecule has 1 aromatic carbocycles. The molecule has 0 aliphatic heterocycles. The van der Waals surface area contributed by atoms with Gasteiger partial charge in [-0.3, -0.25) is 0 Å². The molecule has 0 aliphatic rings. The molecule has 1 rings (SSSR count). The van der Waals surface area contributed by atoms with E-state index in [2.05, 4.69) is 5.32 Å². The van der Waals surface area contributed by atoms with E-state index in [1.807, 2.05) is 0 Å². The summed E-state index contributed by atoms with van der Waals surface area (Å²) in [5.41, 5.74) is 0.475. The van der Waals surface area contributed by atoms with E-state index in [1.165, 1.54) is 19.2 Å². The van der Waals surface area contributed by atoms with Crippen molar-refractivity contribution in [2.45, 2.75) is 12.6 Å². The maximum atomic E-state index is 13.7. The molecule has 0 aromatic heterocycles. The Labute approximate surface area is 122 Å². The largest absolute Gasteiger partial charge is 0.485 e.